The van der Waals surface area contributed by atoms with Crippen LogP contribution in [0.1, 0.15) is 0 Å². The molecule has 0 aliphatic carbocycles. The molecule has 1 aromatic heterocycles. The van der Waals surface area contributed by atoms with Crippen molar-refractivity contribution < 1.29 is 9.47 Å². The second-order valence-electron chi connectivity index (χ2n) is 3.67. The average Bonchev–Trinajstić information content (AvgIpc) is 2.93. The molecule has 3 N–H and O–H groups in total. The lowest BCUT2D eigenvalue weighted by Crippen LogP contribution is -2.01. The Hall–Kier alpha value is -1.73. The number of aromatic nitrogens is 3. The molecule has 0 saturated heterocycles. The van der Waals surface area contributed by atoms with Gasteiger partial charge in [0.1, 0.15) is 0 Å². The van der Waals surface area contributed by atoms with E-state index in [4.69, 9.17) is 15.2 Å². The van der Waals surface area contributed by atoms with E-state index in [1.165, 1.54) is 11.8 Å². The van der Waals surface area contributed by atoms with E-state index in [0.717, 1.165) is 11.3 Å². The molecular weight excluding hydrogens is 264 g/mol. The summed E-state index contributed by atoms with van der Waals surface area (Å²) in [5.41, 5.74) is 6.34. The Bertz CT molecular complexity index is 544. The summed E-state index contributed by atoms with van der Waals surface area (Å²) >= 11 is 1.52. The van der Waals surface area contributed by atoms with Crippen LogP contribution in [0.25, 0.3) is 11.4 Å². The topological polar surface area (TPSA) is 86.0 Å². The molecule has 0 unspecified atom stereocenters. The Labute approximate surface area is 115 Å². The zero-order valence-corrected chi connectivity index (χ0v) is 11.7. The van der Waals surface area contributed by atoms with Gasteiger partial charge in [-0.1, -0.05) is 11.8 Å². The second kappa shape index (κ2) is 6.44. The summed E-state index contributed by atoms with van der Waals surface area (Å²) in [6, 6.07) is 5.60. The van der Waals surface area contributed by atoms with Gasteiger partial charge in [-0.25, -0.2) is 4.98 Å². The van der Waals surface area contributed by atoms with Crippen molar-refractivity contribution in [3.05, 3.63) is 18.2 Å². The molecule has 2 rings (SSSR count). The van der Waals surface area contributed by atoms with E-state index in [2.05, 4.69) is 15.2 Å². The Morgan fingerprint density at radius 2 is 2.05 bits per heavy atom. The van der Waals surface area contributed by atoms with Gasteiger partial charge in [0.25, 0.3) is 0 Å². The van der Waals surface area contributed by atoms with Crippen LogP contribution >= 0.6 is 11.8 Å². The quantitative estimate of drug-likeness (QED) is 0.781. The summed E-state index contributed by atoms with van der Waals surface area (Å²) in [7, 11) is 3.21. The maximum atomic E-state index is 5.45. The Balaban J connectivity index is 2.23. The van der Waals surface area contributed by atoms with E-state index in [1.54, 1.807) is 14.2 Å². The van der Waals surface area contributed by atoms with Crippen LogP contribution in [0.2, 0.25) is 0 Å². The zero-order valence-electron chi connectivity index (χ0n) is 10.8. The van der Waals surface area contributed by atoms with Crippen LogP contribution in [0.5, 0.6) is 11.5 Å². The van der Waals surface area contributed by atoms with Crippen LogP contribution in [0.4, 0.5) is 0 Å². The van der Waals surface area contributed by atoms with Crippen LogP contribution in [-0.4, -0.2) is 41.7 Å². The number of H-pyrrole nitrogens is 1. The number of thioether (sulfide) groups is 1. The molecule has 0 spiro atoms. The summed E-state index contributed by atoms with van der Waals surface area (Å²) < 4.78 is 10.5. The third-order valence-corrected chi connectivity index (χ3v) is 3.35. The van der Waals surface area contributed by atoms with Gasteiger partial charge in [-0.05, 0) is 18.2 Å². The molecule has 102 valence electrons. The van der Waals surface area contributed by atoms with Crippen LogP contribution in [0.3, 0.4) is 0 Å². The van der Waals surface area contributed by atoms with Crippen LogP contribution < -0.4 is 15.2 Å². The highest BCUT2D eigenvalue weighted by Gasteiger charge is 2.10. The lowest BCUT2D eigenvalue weighted by molar-refractivity contribution is 0.355. The molecular formula is C12H16N4O2S. The molecule has 0 aliphatic heterocycles. The van der Waals surface area contributed by atoms with Gasteiger partial charge in [0.15, 0.2) is 17.3 Å². The van der Waals surface area contributed by atoms with Crippen LogP contribution in [0.15, 0.2) is 23.4 Å². The number of benzene rings is 1. The standard InChI is InChI=1S/C12H16N4O2S/c1-17-9-4-3-8(7-10(9)18-2)11-14-12(16-15-11)19-6-5-13/h3-4,7H,5-6,13H2,1-2H3,(H,14,15,16). The maximum Gasteiger partial charge on any atom is 0.208 e. The van der Waals surface area contributed by atoms with E-state index in [1.807, 2.05) is 18.2 Å². The molecule has 7 heteroatoms. The van der Waals surface area contributed by atoms with Gasteiger partial charge in [0.05, 0.1) is 14.2 Å². The lowest BCUT2D eigenvalue weighted by Gasteiger charge is -2.07. The minimum atomic E-state index is 0.602. The van der Waals surface area contributed by atoms with Gasteiger partial charge >= 0.3 is 0 Å². The van der Waals surface area contributed by atoms with Crippen LogP contribution in [-0.2, 0) is 0 Å². The molecule has 0 aliphatic rings. The van der Waals surface area contributed by atoms with Gasteiger partial charge in [-0.2, -0.15) is 0 Å². The minimum Gasteiger partial charge on any atom is -0.493 e. The van der Waals surface area contributed by atoms with E-state index in [9.17, 15) is 0 Å². The summed E-state index contributed by atoms with van der Waals surface area (Å²) in [5.74, 6) is 2.83. The highest BCUT2D eigenvalue weighted by molar-refractivity contribution is 7.99. The largest absolute Gasteiger partial charge is 0.493 e. The average molecular weight is 280 g/mol. The molecule has 19 heavy (non-hydrogen) atoms. The molecule has 0 amide bonds. The van der Waals surface area contributed by atoms with Crippen molar-refractivity contribution in [2.45, 2.75) is 5.16 Å². The molecule has 0 saturated carbocycles. The van der Waals surface area contributed by atoms with Crippen molar-refractivity contribution >= 4 is 11.8 Å². The Morgan fingerprint density at radius 1 is 1.26 bits per heavy atom. The summed E-state index contributed by atoms with van der Waals surface area (Å²) in [6.45, 7) is 0.602. The Kier molecular flexibility index (Phi) is 4.64. The molecule has 0 bridgehead atoms. The second-order valence-corrected chi connectivity index (χ2v) is 4.74. The van der Waals surface area contributed by atoms with Gasteiger partial charge in [-0.3, -0.25) is 5.10 Å². The predicted molar refractivity (Wildman–Crippen MR) is 74.7 cm³/mol. The number of nitrogens with two attached hydrogens (primary N) is 1. The number of rotatable bonds is 6. The lowest BCUT2D eigenvalue weighted by atomic mass is 10.2. The molecule has 0 radical (unpaired) electrons. The van der Waals surface area contributed by atoms with Crippen molar-refractivity contribution in [1.82, 2.24) is 15.2 Å². The number of hydrogen-bond donors (Lipinski definition) is 2. The van der Waals surface area contributed by atoms with Crippen molar-refractivity contribution in [2.24, 2.45) is 5.73 Å². The minimum absolute atomic E-state index is 0.602. The van der Waals surface area contributed by atoms with E-state index < -0.39 is 0 Å². The van der Waals surface area contributed by atoms with Gasteiger partial charge in [0, 0.05) is 17.9 Å². The first-order valence-electron chi connectivity index (χ1n) is 5.76. The number of ether oxygens (including phenoxy) is 2. The van der Waals surface area contributed by atoms with E-state index in [0.29, 0.717) is 29.0 Å². The summed E-state index contributed by atoms with van der Waals surface area (Å²) in [5, 5.41) is 7.72. The number of methoxy groups -OCH3 is 2. The third kappa shape index (κ3) is 3.18. The molecule has 2 aromatic rings. The molecule has 0 atom stereocenters. The maximum absolute atomic E-state index is 5.45. The van der Waals surface area contributed by atoms with Crippen molar-refractivity contribution in [1.29, 1.82) is 0 Å². The van der Waals surface area contributed by atoms with Gasteiger partial charge < -0.3 is 15.2 Å². The third-order valence-electron chi connectivity index (χ3n) is 2.47. The van der Waals surface area contributed by atoms with E-state index >= 15 is 0 Å². The van der Waals surface area contributed by atoms with Gasteiger partial charge in [-0.15, -0.1) is 5.10 Å². The van der Waals surface area contributed by atoms with Crippen molar-refractivity contribution in [3.8, 4) is 22.9 Å². The smallest absolute Gasteiger partial charge is 0.208 e. The molecule has 6 nitrogen and oxygen atoms in total. The SMILES string of the molecule is COc1ccc(-c2nc(SCCN)n[nH]2)cc1OC. The van der Waals surface area contributed by atoms with Crippen LogP contribution in [0, 0.1) is 0 Å². The number of nitrogens with zero attached hydrogens (tertiary/aromatic N) is 2. The van der Waals surface area contributed by atoms with Gasteiger partial charge in [0.2, 0.25) is 5.16 Å². The highest BCUT2D eigenvalue weighted by atomic mass is 32.2. The fraction of sp³-hybridized carbons (Fsp3) is 0.333. The first-order valence-corrected chi connectivity index (χ1v) is 6.74. The Morgan fingerprint density at radius 3 is 2.74 bits per heavy atom. The number of aromatic amines is 1. The number of hydrogen-bond acceptors (Lipinski definition) is 6. The molecule has 1 heterocycles. The fourth-order valence-corrected chi connectivity index (χ4v) is 2.14. The predicted octanol–water partition coefficient (Wildman–Crippen LogP) is 1.54. The fourth-order valence-electron chi connectivity index (χ4n) is 1.57. The van der Waals surface area contributed by atoms with E-state index in [-0.39, 0.29) is 0 Å². The normalized spacial score (nSPS) is 10.5. The first kappa shape index (κ1) is 13.7. The highest BCUT2D eigenvalue weighted by Crippen LogP contribution is 2.31. The number of nitrogens with one attached hydrogen (secondary N) is 1. The summed E-state index contributed by atoms with van der Waals surface area (Å²) in [6.07, 6.45) is 0. The monoisotopic (exact) mass is 280 g/mol. The van der Waals surface area contributed by atoms with Crippen molar-refractivity contribution in [3.63, 3.8) is 0 Å². The summed E-state index contributed by atoms with van der Waals surface area (Å²) in [4.78, 5) is 4.39. The first-order chi connectivity index (χ1) is 9.28. The molecule has 0 fully saturated rings. The zero-order chi connectivity index (χ0) is 13.7. The molecule has 1 aromatic carbocycles. The van der Waals surface area contributed by atoms with Crippen molar-refractivity contribution in [2.75, 3.05) is 26.5 Å².